The molecule has 0 atom stereocenters. The van der Waals surface area contributed by atoms with Crippen LogP contribution in [0, 0.1) is 5.92 Å². The second kappa shape index (κ2) is 3.46. The van der Waals surface area contributed by atoms with Gasteiger partial charge in [-0.2, -0.15) is 0 Å². The van der Waals surface area contributed by atoms with Gasteiger partial charge in [0.1, 0.15) is 0 Å². The molecule has 2 heteroatoms. The van der Waals surface area contributed by atoms with E-state index in [-0.39, 0.29) is 0 Å². The largest absolute Gasteiger partial charge is 0.381 e. The first-order chi connectivity index (χ1) is 5.84. The van der Waals surface area contributed by atoms with Gasteiger partial charge in [-0.05, 0) is 24.1 Å². The van der Waals surface area contributed by atoms with Gasteiger partial charge in [0.15, 0.2) is 0 Å². The quantitative estimate of drug-likeness (QED) is 0.683. The van der Waals surface area contributed by atoms with E-state index in [1.165, 1.54) is 5.56 Å². The Bertz CT molecular complexity index is 251. The van der Waals surface area contributed by atoms with Crippen LogP contribution in [0.25, 0.3) is 0 Å². The van der Waals surface area contributed by atoms with Crippen LogP contribution >= 0.6 is 11.6 Å². The zero-order valence-electron chi connectivity index (χ0n) is 6.79. The first kappa shape index (κ1) is 8.09. The highest BCUT2D eigenvalue weighted by Crippen LogP contribution is 2.18. The van der Waals surface area contributed by atoms with Gasteiger partial charge >= 0.3 is 0 Å². The van der Waals surface area contributed by atoms with Crippen molar-refractivity contribution in [1.29, 1.82) is 0 Å². The number of benzene rings is 1. The fraction of sp³-hybridized carbons (Fsp3) is 0.400. The lowest BCUT2D eigenvalue weighted by Gasteiger charge is -2.25. The molecule has 0 N–H and O–H groups in total. The Balaban J connectivity index is 1.98. The van der Waals surface area contributed by atoms with Crippen LogP contribution in [0.3, 0.4) is 0 Å². The van der Waals surface area contributed by atoms with Gasteiger partial charge < -0.3 is 4.74 Å². The van der Waals surface area contributed by atoms with Crippen molar-refractivity contribution in [2.45, 2.75) is 6.42 Å². The van der Waals surface area contributed by atoms with Crippen LogP contribution in [0.2, 0.25) is 5.02 Å². The maximum absolute atomic E-state index is 5.77. The maximum Gasteiger partial charge on any atom is 0.0519 e. The molecule has 2 rings (SSSR count). The Hall–Kier alpha value is -0.530. The molecule has 1 nitrogen and oxygen atoms in total. The van der Waals surface area contributed by atoms with Crippen molar-refractivity contribution in [3.05, 3.63) is 34.9 Å². The SMILES string of the molecule is Clc1ccc(CC2COC2)cc1. The van der Waals surface area contributed by atoms with Crippen LogP contribution in [0.1, 0.15) is 5.56 Å². The Morgan fingerprint density at radius 2 is 1.92 bits per heavy atom. The summed E-state index contributed by atoms with van der Waals surface area (Å²) in [6.07, 6.45) is 1.12. The number of rotatable bonds is 2. The molecule has 1 aliphatic rings. The smallest absolute Gasteiger partial charge is 0.0519 e. The zero-order valence-corrected chi connectivity index (χ0v) is 7.55. The standard InChI is InChI=1S/C10H11ClO/c11-10-3-1-8(2-4-10)5-9-6-12-7-9/h1-4,9H,5-7H2. The van der Waals surface area contributed by atoms with Crippen molar-refractivity contribution in [2.24, 2.45) is 5.92 Å². The summed E-state index contributed by atoms with van der Waals surface area (Å²) in [6.45, 7) is 1.84. The van der Waals surface area contributed by atoms with Crippen molar-refractivity contribution < 1.29 is 4.74 Å². The van der Waals surface area contributed by atoms with Gasteiger partial charge in [0.25, 0.3) is 0 Å². The summed E-state index contributed by atoms with van der Waals surface area (Å²) >= 11 is 5.77. The maximum atomic E-state index is 5.77. The lowest BCUT2D eigenvalue weighted by Crippen LogP contribution is -2.29. The molecule has 1 heterocycles. The molecule has 0 aromatic heterocycles. The Labute approximate surface area is 77.3 Å². The molecule has 1 saturated heterocycles. The van der Waals surface area contributed by atoms with Crippen molar-refractivity contribution in [2.75, 3.05) is 13.2 Å². The Morgan fingerprint density at radius 1 is 1.25 bits per heavy atom. The molecule has 0 unspecified atom stereocenters. The highest BCUT2D eigenvalue weighted by atomic mass is 35.5. The molecule has 0 spiro atoms. The van der Waals surface area contributed by atoms with E-state index in [2.05, 4.69) is 12.1 Å². The number of ether oxygens (including phenoxy) is 1. The minimum absolute atomic E-state index is 0.728. The topological polar surface area (TPSA) is 9.23 Å². The van der Waals surface area contributed by atoms with Crippen molar-refractivity contribution >= 4 is 11.6 Å². The summed E-state index contributed by atoms with van der Waals surface area (Å²) in [5, 5.41) is 0.809. The van der Waals surface area contributed by atoms with Crippen LogP contribution in [0.4, 0.5) is 0 Å². The number of hydrogen-bond acceptors (Lipinski definition) is 1. The number of halogens is 1. The molecule has 12 heavy (non-hydrogen) atoms. The van der Waals surface area contributed by atoms with Gasteiger partial charge in [-0.25, -0.2) is 0 Å². The average Bonchev–Trinajstić information content (AvgIpc) is 2.00. The summed E-state index contributed by atoms with van der Waals surface area (Å²) in [7, 11) is 0. The van der Waals surface area contributed by atoms with Crippen molar-refractivity contribution in [3.8, 4) is 0 Å². The molecule has 1 fully saturated rings. The van der Waals surface area contributed by atoms with E-state index in [4.69, 9.17) is 16.3 Å². The summed E-state index contributed by atoms with van der Waals surface area (Å²) < 4.78 is 5.10. The monoisotopic (exact) mass is 182 g/mol. The fourth-order valence-corrected chi connectivity index (χ4v) is 1.48. The highest BCUT2D eigenvalue weighted by molar-refractivity contribution is 6.30. The van der Waals surface area contributed by atoms with Crippen LogP contribution in [0.15, 0.2) is 24.3 Å². The van der Waals surface area contributed by atoms with Crippen molar-refractivity contribution in [1.82, 2.24) is 0 Å². The van der Waals surface area contributed by atoms with Crippen LogP contribution < -0.4 is 0 Å². The van der Waals surface area contributed by atoms with Gasteiger partial charge in [-0.15, -0.1) is 0 Å². The van der Waals surface area contributed by atoms with Crippen LogP contribution in [-0.4, -0.2) is 13.2 Å². The summed E-state index contributed by atoms with van der Waals surface area (Å²) in [4.78, 5) is 0. The highest BCUT2D eigenvalue weighted by Gasteiger charge is 2.18. The molecule has 0 amide bonds. The van der Waals surface area contributed by atoms with E-state index >= 15 is 0 Å². The normalized spacial score (nSPS) is 17.4. The average molecular weight is 183 g/mol. The van der Waals surface area contributed by atoms with Crippen molar-refractivity contribution in [3.63, 3.8) is 0 Å². The minimum Gasteiger partial charge on any atom is -0.381 e. The third kappa shape index (κ3) is 1.79. The molecule has 1 aliphatic heterocycles. The summed E-state index contributed by atoms with van der Waals surface area (Å²) in [5.41, 5.74) is 1.35. The first-order valence-corrected chi connectivity index (χ1v) is 4.54. The van der Waals surface area contributed by atoms with E-state index in [1.807, 2.05) is 12.1 Å². The van der Waals surface area contributed by atoms with Gasteiger partial charge in [-0.3, -0.25) is 0 Å². The Morgan fingerprint density at radius 3 is 2.42 bits per heavy atom. The van der Waals surface area contributed by atoms with E-state index in [1.54, 1.807) is 0 Å². The second-order valence-corrected chi connectivity index (χ2v) is 3.67. The van der Waals surface area contributed by atoms with Gasteiger partial charge in [-0.1, -0.05) is 23.7 Å². The molecule has 0 radical (unpaired) electrons. The molecule has 64 valence electrons. The summed E-state index contributed by atoms with van der Waals surface area (Å²) in [5.74, 6) is 0.728. The Kier molecular flexibility index (Phi) is 2.33. The third-order valence-electron chi connectivity index (χ3n) is 2.14. The lowest BCUT2D eigenvalue weighted by molar-refractivity contribution is -0.0312. The molecule has 1 aromatic rings. The van der Waals surface area contributed by atoms with Crippen LogP contribution in [0.5, 0.6) is 0 Å². The van der Waals surface area contributed by atoms with Gasteiger partial charge in [0, 0.05) is 10.9 Å². The van der Waals surface area contributed by atoms with E-state index < -0.39 is 0 Å². The second-order valence-electron chi connectivity index (χ2n) is 3.23. The fourth-order valence-electron chi connectivity index (χ4n) is 1.36. The molecule has 0 saturated carbocycles. The van der Waals surface area contributed by atoms with Crippen LogP contribution in [-0.2, 0) is 11.2 Å². The molecule has 0 bridgehead atoms. The van der Waals surface area contributed by atoms with E-state index in [0.717, 1.165) is 30.6 Å². The van der Waals surface area contributed by atoms with Gasteiger partial charge in [0.05, 0.1) is 13.2 Å². The van der Waals surface area contributed by atoms with Gasteiger partial charge in [0.2, 0.25) is 0 Å². The predicted octanol–water partition coefficient (Wildman–Crippen LogP) is 2.53. The van der Waals surface area contributed by atoms with E-state index in [0.29, 0.717) is 0 Å². The first-order valence-electron chi connectivity index (χ1n) is 4.17. The minimum atomic E-state index is 0.728. The third-order valence-corrected chi connectivity index (χ3v) is 2.40. The lowest BCUT2D eigenvalue weighted by atomic mass is 9.98. The number of hydrogen-bond donors (Lipinski definition) is 0. The zero-order chi connectivity index (χ0) is 8.39. The molecule has 1 aromatic carbocycles. The molecular weight excluding hydrogens is 172 g/mol. The van der Waals surface area contributed by atoms with E-state index in [9.17, 15) is 0 Å². The predicted molar refractivity (Wildman–Crippen MR) is 49.5 cm³/mol. The molecular formula is C10H11ClO. The molecule has 0 aliphatic carbocycles. The summed E-state index contributed by atoms with van der Waals surface area (Å²) in [6, 6.07) is 8.05.